The minimum Gasteiger partial charge on any atom is -0.478 e. The van der Waals surface area contributed by atoms with Crippen LogP contribution in [0.15, 0.2) is 97.7 Å². The molecule has 0 unspecified atom stereocenters. The fourth-order valence-electron chi connectivity index (χ4n) is 3.48. The summed E-state index contributed by atoms with van der Waals surface area (Å²) in [5.41, 5.74) is 10.4. The van der Waals surface area contributed by atoms with Crippen LogP contribution in [-0.2, 0) is 0 Å². The van der Waals surface area contributed by atoms with Crippen molar-refractivity contribution in [1.82, 2.24) is 4.98 Å². The van der Waals surface area contributed by atoms with Gasteiger partial charge in [-0.1, -0.05) is 61.2 Å². The first-order chi connectivity index (χ1) is 15.6. The number of nitrogens with one attached hydrogen (secondary N) is 1. The summed E-state index contributed by atoms with van der Waals surface area (Å²) in [5, 5.41) is 9.34. The Morgan fingerprint density at radius 2 is 1.75 bits per heavy atom. The van der Waals surface area contributed by atoms with Gasteiger partial charge in [0.05, 0.1) is 5.56 Å². The van der Waals surface area contributed by atoms with E-state index < -0.39 is 5.97 Å². The highest BCUT2D eigenvalue weighted by atomic mass is 16.5. The van der Waals surface area contributed by atoms with E-state index in [0.717, 1.165) is 33.6 Å². The molecule has 1 aromatic heterocycles. The number of aromatic amines is 1. The number of carboxylic acid groups (broad SMARTS) is 1. The van der Waals surface area contributed by atoms with E-state index in [0.29, 0.717) is 11.6 Å². The predicted molar refractivity (Wildman–Crippen MR) is 129 cm³/mol. The minimum absolute atomic E-state index is 0.211. The van der Waals surface area contributed by atoms with Crippen LogP contribution < -0.4 is 10.5 Å². The molecule has 4 aromatic rings. The minimum atomic E-state index is -0.980. The average Bonchev–Trinajstić information content (AvgIpc) is 3.18. The Balaban J connectivity index is 1.78. The van der Waals surface area contributed by atoms with Crippen molar-refractivity contribution in [2.24, 2.45) is 0 Å². The molecule has 32 heavy (non-hydrogen) atoms. The molecule has 3 aromatic carbocycles. The van der Waals surface area contributed by atoms with Crippen molar-refractivity contribution in [3.8, 4) is 22.6 Å². The molecule has 4 N–H and O–H groups in total. The van der Waals surface area contributed by atoms with Crippen LogP contribution in [0.25, 0.3) is 22.8 Å². The van der Waals surface area contributed by atoms with Crippen molar-refractivity contribution in [3.63, 3.8) is 0 Å². The molecule has 0 atom stereocenters. The maximum Gasteiger partial charge on any atom is 0.335 e. The smallest absolute Gasteiger partial charge is 0.335 e. The summed E-state index contributed by atoms with van der Waals surface area (Å²) in [4.78, 5) is 14.4. The van der Waals surface area contributed by atoms with Gasteiger partial charge in [-0.15, -0.1) is 0 Å². The summed E-state index contributed by atoms with van der Waals surface area (Å²) >= 11 is 0. The molecule has 158 valence electrons. The second-order valence-corrected chi connectivity index (χ2v) is 7.13. The number of carboxylic acids is 1. The number of allylic oxidation sites excluding steroid dienone is 2. The lowest BCUT2D eigenvalue weighted by molar-refractivity contribution is 0.0697. The van der Waals surface area contributed by atoms with E-state index >= 15 is 0 Å². The molecule has 0 aliphatic carbocycles. The molecule has 0 aliphatic rings. The number of ether oxygens (including phenoxy) is 1. The Morgan fingerprint density at radius 1 is 1.00 bits per heavy atom. The zero-order valence-corrected chi connectivity index (χ0v) is 17.3. The van der Waals surface area contributed by atoms with E-state index in [1.165, 1.54) is 0 Å². The van der Waals surface area contributed by atoms with Crippen LogP contribution in [0.1, 0.15) is 21.5 Å². The van der Waals surface area contributed by atoms with Gasteiger partial charge in [-0.05, 0) is 47.5 Å². The maximum absolute atomic E-state index is 11.4. The Bertz CT molecular complexity index is 1300. The molecule has 4 rings (SSSR count). The molecule has 1 heterocycles. The van der Waals surface area contributed by atoms with E-state index in [1.807, 2.05) is 66.7 Å². The van der Waals surface area contributed by atoms with Gasteiger partial charge in [0.1, 0.15) is 17.3 Å². The van der Waals surface area contributed by atoms with Gasteiger partial charge in [-0.25, -0.2) is 4.79 Å². The SMILES string of the molecule is C=C/C(=C\c1c(-c2cccc(C(=O)O)c2)c[nH]c1N)c1ccccc1Oc1ccccc1. The highest BCUT2D eigenvalue weighted by Gasteiger charge is 2.14. The third-order valence-corrected chi connectivity index (χ3v) is 5.06. The van der Waals surface area contributed by atoms with Crippen LogP contribution in [0, 0.1) is 0 Å². The summed E-state index contributed by atoms with van der Waals surface area (Å²) in [5.74, 6) is 0.914. The molecule has 0 fully saturated rings. The highest BCUT2D eigenvalue weighted by molar-refractivity contribution is 5.96. The first-order valence-corrected chi connectivity index (χ1v) is 10.0. The van der Waals surface area contributed by atoms with E-state index in [4.69, 9.17) is 10.5 Å². The monoisotopic (exact) mass is 422 g/mol. The molecular formula is C27H22N2O3. The number of carbonyl (C=O) groups is 1. The predicted octanol–water partition coefficient (Wildman–Crippen LogP) is 6.48. The van der Waals surface area contributed by atoms with Gasteiger partial charge >= 0.3 is 5.97 Å². The molecule has 0 radical (unpaired) electrons. The molecule has 0 aliphatic heterocycles. The van der Waals surface area contributed by atoms with E-state index in [2.05, 4.69) is 11.6 Å². The van der Waals surface area contributed by atoms with Crippen LogP contribution in [0.3, 0.4) is 0 Å². The quantitative estimate of drug-likeness (QED) is 0.297. The number of para-hydroxylation sites is 2. The zero-order chi connectivity index (χ0) is 22.5. The van der Waals surface area contributed by atoms with Gasteiger partial charge < -0.3 is 20.6 Å². The maximum atomic E-state index is 11.4. The van der Waals surface area contributed by atoms with Gasteiger partial charge in [0.15, 0.2) is 0 Å². The molecule has 0 spiro atoms. The van der Waals surface area contributed by atoms with Crippen molar-refractivity contribution in [1.29, 1.82) is 0 Å². The number of nitrogens with two attached hydrogens (primary N) is 1. The van der Waals surface area contributed by atoms with Crippen molar-refractivity contribution in [2.45, 2.75) is 0 Å². The molecule has 5 nitrogen and oxygen atoms in total. The van der Waals surface area contributed by atoms with Gasteiger partial charge in [0, 0.05) is 22.9 Å². The van der Waals surface area contributed by atoms with Gasteiger partial charge in [0.2, 0.25) is 0 Å². The van der Waals surface area contributed by atoms with Crippen molar-refractivity contribution < 1.29 is 14.6 Å². The fourth-order valence-corrected chi connectivity index (χ4v) is 3.48. The third-order valence-electron chi connectivity index (χ3n) is 5.06. The van der Waals surface area contributed by atoms with Gasteiger partial charge in [-0.2, -0.15) is 0 Å². The number of rotatable bonds is 7. The number of benzene rings is 3. The Labute approximate surface area is 186 Å². The van der Waals surface area contributed by atoms with E-state index in [-0.39, 0.29) is 5.56 Å². The topological polar surface area (TPSA) is 88.3 Å². The lowest BCUT2D eigenvalue weighted by atomic mass is 9.97. The largest absolute Gasteiger partial charge is 0.478 e. The summed E-state index contributed by atoms with van der Waals surface area (Å²) in [6, 6.07) is 24.0. The number of hydrogen-bond acceptors (Lipinski definition) is 3. The van der Waals surface area contributed by atoms with Crippen molar-refractivity contribution in [2.75, 3.05) is 5.73 Å². The van der Waals surface area contributed by atoms with Gasteiger partial charge in [0.25, 0.3) is 0 Å². The normalized spacial score (nSPS) is 11.2. The second-order valence-electron chi connectivity index (χ2n) is 7.13. The van der Waals surface area contributed by atoms with Crippen molar-refractivity contribution >= 4 is 23.4 Å². The van der Waals surface area contributed by atoms with Crippen LogP contribution >= 0.6 is 0 Å². The standard InChI is InChI=1S/C27H22N2O3/c1-2-18(22-13-6-7-14-25(22)32-21-11-4-3-5-12-21)16-23-24(17-29-26(23)28)19-9-8-10-20(15-19)27(30)31/h2-17,29H,1,28H2,(H,30,31)/b18-16+. The van der Waals surface area contributed by atoms with E-state index in [1.54, 1.807) is 30.5 Å². The number of aromatic nitrogens is 1. The first kappa shape index (κ1) is 20.8. The summed E-state index contributed by atoms with van der Waals surface area (Å²) < 4.78 is 6.11. The van der Waals surface area contributed by atoms with Gasteiger partial charge in [-0.3, -0.25) is 0 Å². The average molecular weight is 422 g/mol. The third kappa shape index (κ3) is 4.32. The number of anilines is 1. The number of aromatic carboxylic acids is 1. The summed E-state index contributed by atoms with van der Waals surface area (Å²) in [6.07, 6.45) is 5.45. The highest BCUT2D eigenvalue weighted by Crippen LogP contribution is 2.35. The van der Waals surface area contributed by atoms with Crippen LogP contribution in [0.5, 0.6) is 11.5 Å². The Hall–Kier alpha value is -4.51. The summed E-state index contributed by atoms with van der Waals surface area (Å²) in [7, 11) is 0. The molecule has 5 heteroatoms. The number of hydrogen-bond donors (Lipinski definition) is 3. The molecule has 0 amide bonds. The van der Waals surface area contributed by atoms with E-state index in [9.17, 15) is 9.90 Å². The van der Waals surface area contributed by atoms with Crippen LogP contribution in [-0.4, -0.2) is 16.1 Å². The lowest BCUT2D eigenvalue weighted by Gasteiger charge is -2.12. The number of H-pyrrole nitrogens is 1. The lowest BCUT2D eigenvalue weighted by Crippen LogP contribution is -1.96. The van der Waals surface area contributed by atoms with Crippen molar-refractivity contribution in [3.05, 3.63) is 114 Å². The molecule has 0 saturated carbocycles. The first-order valence-electron chi connectivity index (χ1n) is 10.0. The Morgan fingerprint density at radius 3 is 2.50 bits per heavy atom. The summed E-state index contributed by atoms with van der Waals surface area (Å²) in [6.45, 7) is 3.98. The Kier molecular flexibility index (Phi) is 5.90. The molecular weight excluding hydrogens is 400 g/mol. The second kappa shape index (κ2) is 9.10. The molecule has 0 bridgehead atoms. The molecule has 0 saturated heterocycles. The zero-order valence-electron chi connectivity index (χ0n) is 17.3. The van der Waals surface area contributed by atoms with Crippen LogP contribution in [0.4, 0.5) is 5.82 Å². The fraction of sp³-hybridized carbons (Fsp3) is 0. The van der Waals surface area contributed by atoms with Crippen LogP contribution in [0.2, 0.25) is 0 Å². The number of nitrogen functional groups attached to an aromatic ring is 1.